The molecular formula is C23H21N5O2. The van der Waals surface area contributed by atoms with Gasteiger partial charge in [-0.2, -0.15) is 0 Å². The summed E-state index contributed by atoms with van der Waals surface area (Å²) in [5.41, 5.74) is 12.6. The first-order chi connectivity index (χ1) is 14.5. The fraction of sp³-hybridized carbons (Fsp3) is 0.0870. The van der Waals surface area contributed by atoms with Crippen molar-refractivity contribution in [2.24, 2.45) is 10.7 Å². The molecule has 0 spiro atoms. The number of carbonyl (C=O) groups excluding carboxylic acids is 2. The van der Waals surface area contributed by atoms with Crippen LogP contribution in [-0.2, 0) is 11.3 Å². The average Bonchev–Trinajstić information content (AvgIpc) is 3.34. The number of urea groups is 1. The normalized spacial score (nSPS) is 13.3. The maximum atomic E-state index is 11.1. The topological polar surface area (TPSA) is 112 Å². The minimum Gasteiger partial charge on any atom is -0.361 e. The average molecular weight is 399 g/mol. The van der Waals surface area contributed by atoms with E-state index in [-0.39, 0.29) is 5.91 Å². The van der Waals surface area contributed by atoms with Crippen molar-refractivity contribution in [3.8, 4) is 11.1 Å². The van der Waals surface area contributed by atoms with Gasteiger partial charge < -0.3 is 21.4 Å². The number of aliphatic imine (C=N–C) groups is 1. The number of carbonyl (C=O) groups is 2. The number of benzene rings is 2. The number of fused-ring (bicyclic) bond motifs is 1. The van der Waals surface area contributed by atoms with Gasteiger partial charge in [-0.1, -0.05) is 18.2 Å². The highest BCUT2D eigenvalue weighted by Crippen LogP contribution is 2.35. The van der Waals surface area contributed by atoms with Crippen molar-refractivity contribution in [2.45, 2.75) is 13.5 Å². The highest BCUT2D eigenvalue weighted by molar-refractivity contribution is 6.21. The van der Waals surface area contributed by atoms with Crippen molar-refractivity contribution in [1.82, 2.24) is 10.3 Å². The molecule has 4 rings (SSSR count). The lowest BCUT2D eigenvalue weighted by molar-refractivity contribution is -0.119. The summed E-state index contributed by atoms with van der Waals surface area (Å²) in [4.78, 5) is 30.0. The summed E-state index contributed by atoms with van der Waals surface area (Å²) in [5.74, 6) is -0.0522. The summed E-state index contributed by atoms with van der Waals surface area (Å²) >= 11 is 0. The molecular weight excluding hydrogens is 378 g/mol. The van der Waals surface area contributed by atoms with Crippen LogP contribution in [-0.4, -0.2) is 23.1 Å². The molecule has 0 fully saturated rings. The van der Waals surface area contributed by atoms with E-state index >= 15 is 0 Å². The molecule has 30 heavy (non-hydrogen) atoms. The number of nitrogens with zero attached hydrogens (tertiary/aromatic N) is 1. The number of amides is 3. The summed E-state index contributed by atoms with van der Waals surface area (Å²) in [7, 11) is 0. The Hall–Kier alpha value is -4.13. The predicted molar refractivity (Wildman–Crippen MR) is 119 cm³/mol. The Morgan fingerprint density at radius 1 is 1.13 bits per heavy atom. The first kappa shape index (κ1) is 19.2. The molecule has 2 aromatic carbocycles. The molecule has 1 aliphatic heterocycles. The summed E-state index contributed by atoms with van der Waals surface area (Å²) < 4.78 is 0. The molecule has 150 valence electrons. The van der Waals surface area contributed by atoms with Gasteiger partial charge in [0.05, 0.1) is 5.69 Å². The highest BCUT2D eigenvalue weighted by Gasteiger charge is 2.14. The van der Waals surface area contributed by atoms with Crippen LogP contribution in [0, 0.1) is 0 Å². The second-order valence-electron chi connectivity index (χ2n) is 7.03. The number of primary amides is 1. The van der Waals surface area contributed by atoms with Crippen LogP contribution in [0.25, 0.3) is 22.8 Å². The van der Waals surface area contributed by atoms with Crippen LogP contribution in [0.5, 0.6) is 0 Å². The lowest BCUT2D eigenvalue weighted by Crippen LogP contribution is -2.19. The van der Waals surface area contributed by atoms with Gasteiger partial charge in [0.25, 0.3) is 0 Å². The molecule has 7 nitrogen and oxygen atoms in total. The maximum absolute atomic E-state index is 11.1. The standard InChI is InChI=1S/C23H21N5O2/c1-14(29)25-11-15-3-2-4-16(7-15)17-8-20(26-12-17)9-18-13-27-22-6-5-19(10-21(18)22)28-23(24)30/h2-10,12-13,26H,11H2,1H3,(H,25,29)(H3,24,28,30). The van der Waals surface area contributed by atoms with Crippen molar-refractivity contribution in [1.29, 1.82) is 0 Å². The van der Waals surface area contributed by atoms with E-state index in [9.17, 15) is 9.59 Å². The predicted octanol–water partition coefficient (Wildman–Crippen LogP) is 4.06. The van der Waals surface area contributed by atoms with E-state index in [2.05, 4.69) is 32.7 Å². The van der Waals surface area contributed by atoms with Gasteiger partial charge in [-0.25, -0.2) is 4.79 Å². The number of allylic oxidation sites excluding steroid dienone is 1. The molecule has 0 unspecified atom stereocenters. The number of aromatic amines is 1. The van der Waals surface area contributed by atoms with Gasteiger partial charge in [0.15, 0.2) is 0 Å². The third-order valence-corrected chi connectivity index (χ3v) is 4.74. The van der Waals surface area contributed by atoms with Gasteiger partial charge in [0.2, 0.25) is 5.91 Å². The maximum Gasteiger partial charge on any atom is 0.316 e. The molecule has 7 heteroatoms. The monoisotopic (exact) mass is 399 g/mol. The van der Waals surface area contributed by atoms with Gasteiger partial charge in [0, 0.05) is 48.4 Å². The Morgan fingerprint density at radius 3 is 2.80 bits per heavy atom. The van der Waals surface area contributed by atoms with Gasteiger partial charge in [-0.3, -0.25) is 9.79 Å². The first-order valence-electron chi connectivity index (χ1n) is 9.47. The number of aromatic nitrogens is 1. The van der Waals surface area contributed by atoms with Crippen LogP contribution >= 0.6 is 0 Å². The van der Waals surface area contributed by atoms with Crippen LogP contribution in [0.3, 0.4) is 0 Å². The molecule has 0 atom stereocenters. The van der Waals surface area contributed by atoms with Crippen molar-refractivity contribution in [3.63, 3.8) is 0 Å². The highest BCUT2D eigenvalue weighted by atomic mass is 16.2. The second-order valence-corrected chi connectivity index (χ2v) is 7.03. The van der Waals surface area contributed by atoms with Gasteiger partial charge in [-0.05, 0) is 53.1 Å². The van der Waals surface area contributed by atoms with Gasteiger partial charge in [-0.15, -0.1) is 0 Å². The molecule has 3 aromatic rings. The molecule has 3 amide bonds. The van der Waals surface area contributed by atoms with Crippen LogP contribution in [0.1, 0.15) is 23.7 Å². The van der Waals surface area contributed by atoms with Crippen LogP contribution in [0.2, 0.25) is 0 Å². The number of hydrogen-bond acceptors (Lipinski definition) is 3. The Balaban J connectivity index is 1.57. The zero-order chi connectivity index (χ0) is 21.1. The van der Waals surface area contributed by atoms with E-state index in [4.69, 9.17) is 5.73 Å². The lowest BCUT2D eigenvalue weighted by atomic mass is 10.0. The number of H-pyrrole nitrogens is 1. The summed E-state index contributed by atoms with van der Waals surface area (Å²) in [6.07, 6.45) is 5.75. The lowest BCUT2D eigenvalue weighted by Gasteiger charge is -2.05. The van der Waals surface area contributed by atoms with E-state index in [1.54, 1.807) is 12.3 Å². The third-order valence-electron chi connectivity index (χ3n) is 4.74. The SMILES string of the molecule is CC(=O)NCc1cccc(-c2c[nH]c(C=C3C=Nc4ccc(NC(N)=O)cc43)c2)c1. The number of anilines is 1. The summed E-state index contributed by atoms with van der Waals surface area (Å²) in [5, 5.41) is 5.40. The number of nitrogens with one attached hydrogen (secondary N) is 3. The largest absolute Gasteiger partial charge is 0.361 e. The Labute approximate surface area is 173 Å². The van der Waals surface area contributed by atoms with Crippen molar-refractivity contribution < 1.29 is 9.59 Å². The van der Waals surface area contributed by atoms with E-state index in [0.717, 1.165) is 39.2 Å². The number of nitrogens with two attached hydrogens (primary N) is 1. The molecule has 0 radical (unpaired) electrons. The molecule has 2 heterocycles. The number of rotatable bonds is 5. The fourth-order valence-corrected chi connectivity index (χ4v) is 3.34. The van der Waals surface area contributed by atoms with E-state index < -0.39 is 6.03 Å². The van der Waals surface area contributed by atoms with Crippen LogP contribution in [0.15, 0.2) is 59.7 Å². The van der Waals surface area contributed by atoms with E-state index in [1.165, 1.54) is 6.92 Å². The Bertz CT molecular complexity index is 1190. The Morgan fingerprint density at radius 2 is 2.00 bits per heavy atom. The fourth-order valence-electron chi connectivity index (χ4n) is 3.34. The molecule has 1 aliphatic rings. The quantitative estimate of drug-likeness (QED) is 0.518. The molecule has 0 saturated carbocycles. The Kier molecular flexibility index (Phi) is 5.17. The van der Waals surface area contributed by atoms with Crippen molar-refractivity contribution >= 4 is 41.2 Å². The number of hydrogen-bond donors (Lipinski definition) is 4. The third kappa shape index (κ3) is 4.30. The van der Waals surface area contributed by atoms with Gasteiger partial charge in [0.1, 0.15) is 0 Å². The zero-order valence-corrected chi connectivity index (χ0v) is 16.4. The zero-order valence-electron chi connectivity index (χ0n) is 16.4. The molecule has 0 bridgehead atoms. The molecule has 0 saturated heterocycles. The first-order valence-corrected chi connectivity index (χ1v) is 9.47. The summed E-state index contributed by atoms with van der Waals surface area (Å²) in [6.45, 7) is 2.01. The minimum atomic E-state index is -0.603. The van der Waals surface area contributed by atoms with Crippen LogP contribution < -0.4 is 16.4 Å². The van der Waals surface area contributed by atoms with E-state index in [1.807, 2.05) is 42.6 Å². The van der Waals surface area contributed by atoms with Gasteiger partial charge >= 0.3 is 6.03 Å². The minimum absolute atomic E-state index is 0.0522. The van der Waals surface area contributed by atoms with Crippen molar-refractivity contribution in [3.05, 3.63) is 71.5 Å². The smallest absolute Gasteiger partial charge is 0.316 e. The van der Waals surface area contributed by atoms with Crippen molar-refractivity contribution in [2.75, 3.05) is 5.32 Å². The molecule has 5 N–H and O–H groups in total. The second kappa shape index (κ2) is 8.08. The summed E-state index contributed by atoms with van der Waals surface area (Å²) in [6, 6.07) is 15.0. The molecule has 0 aliphatic carbocycles. The van der Waals surface area contributed by atoms with Crippen LogP contribution in [0.4, 0.5) is 16.2 Å². The van der Waals surface area contributed by atoms with E-state index in [0.29, 0.717) is 12.2 Å². The molecule has 1 aromatic heterocycles.